The Morgan fingerprint density at radius 2 is 1.81 bits per heavy atom. The van der Waals surface area contributed by atoms with Gasteiger partial charge in [0.2, 0.25) is 5.95 Å². The number of aromatic nitrogens is 3. The summed E-state index contributed by atoms with van der Waals surface area (Å²) in [6.07, 6.45) is 3.71. The smallest absolute Gasteiger partial charge is 0.229 e. The Balaban J connectivity index is 1.80. The van der Waals surface area contributed by atoms with E-state index >= 15 is 0 Å². The van der Waals surface area contributed by atoms with Gasteiger partial charge in [-0.3, -0.25) is 4.57 Å². The van der Waals surface area contributed by atoms with Crippen molar-refractivity contribution in [1.29, 1.82) is 0 Å². The molecule has 132 valence electrons. The molecule has 0 fully saturated rings. The number of hydrogen-bond donors (Lipinski definition) is 1. The van der Waals surface area contributed by atoms with Gasteiger partial charge in [-0.15, -0.1) is 10.2 Å². The van der Waals surface area contributed by atoms with Gasteiger partial charge in [-0.25, -0.2) is 4.39 Å². The van der Waals surface area contributed by atoms with Gasteiger partial charge < -0.3 is 14.8 Å². The fraction of sp³-hybridized carbons (Fsp3) is 0.158. The average molecular weight is 352 g/mol. The summed E-state index contributed by atoms with van der Waals surface area (Å²) in [7, 11) is 3.21. The number of hydrogen-bond acceptors (Lipinski definition) is 5. The molecule has 7 heteroatoms. The summed E-state index contributed by atoms with van der Waals surface area (Å²) in [5.41, 5.74) is 2.70. The van der Waals surface area contributed by atoms with Crippen molar-refractivity contribution < 1.29 is 13.9 Å². The van der Waals surface area contributed by atoms with Gasteiger partial charge in [-0.05, 0) is 53.6 Å². The first kappa shape index (κ1) is 16.1. The van der Waals surface area contributed by atoms with Gasteiger partial charge in [0.1, 0.15) is 12.1 Å². The van der Waals surface area contributed by atoms with E-state index in [1.54, 1.807) is 32.7 Å². The molecule has 0 aliphatic carbocycles. The lowest BCUT2D eigenvalue weighted by Crippen LogP contribution is -2.18. The fourth-order valence-corrected chi connectivity index (χ4v) is 3.03. The minimum Gasteiger partial charge on any atom is -0.493 e. The lowest BCUT2D eigenvalue weighted by atomic mass is 10.0. The predicted octanol–water partition coefficient (Wildman–Crippen LogP) is 3.49. The van der Waals surface area contributed by atoms with Crippen LogP contribution in [0.3, 0.4) is 0 Å². The third-order valence-corrected chi connectivity index (χ3v) is 4.35. The Morgan fingerprint density at radius 1 is 1.04 bits per heavy atom. The quantitative estimate of drug-likeness (QED) is 0.779. The largest absolute Gasteiger partial charge is 0.493 e. The van der Waals surface area contributed by atoms with E-state index in [9.17, 15) is 4.39 Å². The summed E-state index contributed by atoms with van der Waals surface area (Å²) in [6, 6.07) is 12.0. The topological polar surface area (TPSA) is 61.2 Å². The zero-order valence-corrected chi connectivity index (χ0v) is 14.3. The first-order valence-electron chi connectivity index (χ1n) is 8.06. The van der Waals surface area contributed by atoms with Gasteiger partial charge in [0.15, 0.2) is 11.5 Å². The molecule has 0 spiro atoms. The van der Waals surface area contributed by atoms with E-state index < -0.39 is 0 Å². The Bertz CT molecular complexity index is 966. The monoisotopic (exact) mass is 352 g/mol. The van der Waals surface area contributed by atoms with Crippen molar-refractivity contribution in [3.8, 4) is 11.5 Å². The van der Waals surface area contributed by atoms with E-state index in [1.165, 1.54) is 12.1 Å². The summed E-state index contributed by atoms with van der Waals surface area (Å²) < 4.78 is 25.9. The Labute approximate surface area is 149 Å². The van der Waals surface area contributed by atoms with Crippen LogP contribution in [0.1, 0.15) is 17.2 Å². The van der Waals surface area contributed by atoms with Crippen molar-refractivity contribution in [2.75, 3.05) is 19.5 Å². The molecule has 0 bridgehead atoms. The van der Waals surface area contributed by atoms with Crippen LogP contribution in [0, 0.1) is 5.82 Å². The molecule has 2 aromatic carbocycles. The summed E-state index contributed by atoms with van der Waals surface area (Å²) in [6.45, 7) is 0. The van der Waals surface area contributed by atoms with E-state index in [-0.39, 0.29) is 11.9 Å². The van der Waals surface area contributed by atoms with Crippen molar-refractivity contribution in [1.82, 2.24) is 14.8 Å². The van der Waals surface area contributed by atoms with E-state index in [1.807, 2.05) is 28.8 Å². The van der Waals surface area contributed by atoms with Gasteiger partial charge in [0, 0.05) is 5.70 Å². The molecular weight excluding hydrogens is 335 g/mol. The van der Waals surface area contributed by atoms with E-state index in [2.05, 4.69) is 15.5 Å². The highest BCUT2D eigenvalue weighted by molar-refractivity contribution is 5.77. The highest BCUT2D eigenvalue weighted by Gasteiger charge is 2.23. The first-order valence-corrected chi connectivity index (χ1v) is 8.06. The zero-order chi connectivity index (χ0) is 18.1. The fourth-order valence-electron chi connectivity index (χ4n) is 3.03. The molecule has 1 aliphatic heterocycles. The van der Waals surface area contributed by atoms with Crippen molar-refractivity contribution >= 4 is 11.6 Å². The van der Waals surface area contributed by atoms with Crippen LogP contribution in [0.2, 0.25) is 0 Å². The summed E-state index contributed by atoms with van der Waals surface area (Å²) in [5.74, 6) is 1.66. The predicted molar refractivity (Wildman–Crippen MR) is 95.7 cm³/mol. The van der Waals surface area contributed by atoms with Crippen molar-refractivity contribution in [2.24, 2.45) is 0 Å². The number of anilines is 1. The highest BCUT2D eigenvalue weighted by atomic mass is 19.1. The van der Waals surface area contributed by atoms with Crippen LogP contribution < -0.4 is 14.8 Å². The van der Waals surface area contributed by atoms with Crippen LogP contribution in [0.4, 0.5) is 10.3 Å². The minimum absolute atomic E-state index is 0.138. The maximum Gasteiger partial charge on any atom is 0.229 e. The minimum atomic E-state index is -0.273. The maximum absolute atomic E-state index is 13.2. The SMILES string of the molecule is COc1ccc(C2C=C(c3ccc(F)cc3)Nc3nncn32)cc1OC. The first-order chi connectivity index (χ1) is 12.7. The van der Waals surface area contributed by atoms with Gasteiger partial charge in [-0.1, -0.05) is 6.07 Å². The lowest BCUT2D eigenvalue weighted by Gasteiger charge is -2.25. The van der Waals surface area contributed by atoms with Crippen LogP contribution in [0.15, 0.2) is 54.9 Å². The van der Waals surface area contributed by atoms with Crippen molar-refractivity contribution in [3.63, 3.8) is 0 Å². The molecule has 1 unspecified atom stereocenters. The summed E-state index contributed by atoms with van der Waals surface area (Å²) in [5, 5.41) is 11.4. The van der Waals surface area contributed by atoms with Crippen molar-refractivity contribution in [2.45, 2.75) is 6.04 Å². The third-order valence-electron chi connectivity index (χ3n) is 4.35. The van der Waals surface area contributed by atoms with Gasteiger partial charge in [-0.2, -0.15) is 0 Å². The molecule has 0 radical (unpaired) electrons. The molecule has 0 saturated carbocycles. The zero-order valence-electron chi connectivity index (χ0n) is 14.3. The molecule has 4 rings (SSSR count). The molecule has 1 aromatic heterocycles. The van der Waals surface area contributed by atoms with Crippen molar-refractivity contribution in [3.05, 3.63) is 71.8 Å². The number of halogens is 1. The molecule has 1 aliphatic rings. The third kappa shape index (κ3) is 2.77. The second kappa shape index (κ2) is 6.51. The van der Waals surface area contributed by atoms with Gasteiger partial charge >= 0.3 is 0 Å². The molecule has 0 saturated heterocycles. The number of nitrogens with zero attached hydrogens (tertiary/aromatic N) is 3. The number of nitrogens with one attached hydrogen (secondary N) is 1. The molecular formula is C19H17FN4O2. The van der Waals surface area contributed by atoms with Crippen LogP contribution in [0.25, 0.3) is 5.70 Å². The molecule has 26 heavy (non-hydrogen) atoms. The molecule has 0 amide bonds. The second-order valence-corrected chi connectivity index (χ2v) is 5.83. The molecule has 1 N–H and O–H groups in total. The second-order valence-electron chi connectivity index (χ2n) is 5.83. The standard InChI is InChI=1S/C19H17FN4O2/c1-25-17-8-5-13(9-18(17)26-2)16-10-15(12-3-6-14(20)7-4-12)22-19-23-21-11-24(16)19/h3-11,16H,1-2H3,(H,22,23). The lowest BCUT2D eigenvalue weighted by molar-refractivity contribution is 0.354. The van der Waals surface area contributed by atoms with E-state index in [0.29, 0.717) is 17.4 Å². The highest BCUT2D eigenvalue weighted by Crippen LogP contribution is 2.36. The molecule has 2 heterocycles. The van der Waals surface area contributed by atoms with Gasteiger partial charge in [0.25, 0.3) is 0 Å². The van der Waals surface area contributed by atoms with E-state index in [4.69, 9.17) is 9.47 Å². The Kier molecular flexibility index (Phi) is 4.04. The normalized spacial score (nSPS) is 15.7. The van der Waals surface area contributed by atoms with Crippen LogP contribution in [-0.4, -0.2) is 29.0 Å². The molecule has 6 nitrogen and oxygen atoms in total. The molecule has 3 aromatic rings. The number of ether oxygens (including phenoxy) is 2. The van der Waals surface area contributed by atoms with Crippen LogP contribution in [-0.2, 0) is 0 Å². The summed E-state index contributed by atoms with van der Waals surface area (Å²) in [4.78, 5) is 0. The van der Waals surface area contributed by atoms with Gasteiger partial charge in [0.05, 0.1) is 20.3 Å². The number of benzene rings is 2. The number of methoxy groups -OCH3 is 2. The maximum atomic E-state index is 13.2. The summed E-state index contributed by atoms with van der Waals surface area (Å²) >= 11 is 0. The average Bonchev–Trinajstić information content (AvgIpc) is 3.16. The van der Waals surface area contributed by atoms with E-state index in [0.717, 1.165) is 16.8 Å². The van der Waals surface area contributed by atoms with Crippen LogP contribution in [0.5, 0.6) is 11.5 Å². The Hall–Kier alpha value is -3.35. The molecule has 1 atom stereocenters. The Morgan fingerprint density at radius 3 is 2.54 bits per heavy atom. The van der Waals surface area contributed by atoms with Crippen LogP contribution >= 0.6 is 0 Å². The number of fused-ring (bicyclic) bond motifs is 1. The number of rotatable bonds is 4. The number of allylic oxidation sites excluding steroid dienone is 1.